The molecule has 188 valence electrons. The van der Waals surface area contributed by atoms with Crippen molar-refractivity contribution in [3.8, 4) is 22.9 Å². The topological polar surface area (TPSA) is 104 Å². The van der Waals surface area contributed by atoms with Gasteiger partial charge in [-0.3, -0.25) is 9.69 Å². The minimum absolute atomic E-state index is 0.144. The van der Waals surface area contributed by atoms with Gasteiger partial charge in [-0.15, -0.1) is 5.10 Å². The molecule has 0 fully saturated rings. The molecule has 37 heavy (non-hydrogen) atoms. The molecule has 1 N–H and O–H groups in total. The van der Waals surface area contributed by atoms with Crippen molar-refractivity contribution in [1.82, 2.24) is 30.4 Å². The van der Waals surface area contributed by atoms with Crippen LogP contribution in [0.25, 0.3) is 5.69 Å². The summed E-state index contributed by atoms with van der Waals surface area (Å²) in [5.41, 5.74) is 4.43. The first-order chi connectivity index (χ1) is 18.1. The van der Waals surface area contributed by atoms with Crippen molar-refractivity contribution in [2.45, 2.75) is 19.0 Å². The van der Waals surface area contributed by atoms with E-state index in [0.717, 1.165) is 35.3 Å². The molecule has 2 aliphatic rings. The molecule has 3 heterocycles. The van der Waals surface area contributed by atoms with E-state index in [2.05, 4.69) is 25.7 Å². The number of likely N-dealkylation sites (N-methyl/N-ethyl adjacent to an activating group) is 1. The number of nitrogens with zero attached hydrogens (tertiary/aromatic N) is 5. The summed E-state index contributed by atoms with van der Waals surface area (Å²) < 4.78 is 18.9. The summed E-state index contributed by atoms with van der Waals surface area (Å²) in [6.07, 6.45) is 0.837. The Bertz CT molecular complexity index is 1440. The van der Waals surface area contributed by atoms with Gasteiger partial charge in [0.05, 0.1) is 12.8 Å². The van der Waals surface area contributed by atoms with Crippen molar-refractivity contribution in [3.05, 3.63) is 88.7 Å². The Morgan fingerprint density at radius 3 is 2.73 bits per heavy atom. The maximum Gasteiger partial charge on any atom is 0.251 e. The van der Waals surface area contributed by atoms with Crippen LogP contribution in [0.15, 0.2) is 60.7 Å². The lowest BCUT2D eigenvalue weighted by molar-refractivity contribution is 0.0951. The molecule has 6 rings (SSSR count). The third-order valence-corrected chi connectivity index (χ3v) is 6.80. The van der Waals surface area contributed by atoms with Gasteiger partial charge in [0.2, 0.25) is 12.5 Å². The average molecular weight is 499 g/mol. The lowest BCUT2D eigenvalue weighted by Gasteiger charge is -2.34. The standard InChI is InChI=1S/C27H26N6O4/c1-32-13-12-19-14-21-24(37-16-36-21)25(35-2)22(19)23(32)26-29-30-31-33(26)20-10-8-18(9-11-20)27(34)28-15-17-6-4-3-5-7-17/h3-11,14,23H,12-13,15-16H2,1-2H3,(H,28,34). The minimum atomic E-state index is -0.267. The second-order valence-electron chi connectivity index (χ2n) is 9.01. The molecular weight excluding hydrogens is 472 g/mol. The Morgan fingerprint density at radius 2 is 1.95 bits per heavy atom. The highest BCUT2D eigenvalue weighted by atomic mass is 16.7. The molecule has 0 aliphatic carbocycles. The molecule has 1 amide bonds. The summed E-state index contributed by atoms with van der Waals surface area (Å²) in [5, 5.41) is 15.6. The molecule has 0 radical (unpaired) electrons. The van der Waals surface area contributed by atoms with Crippen molar-refractivity contribution in [3.63, 3.8) is 0 Å². The second-order valence-corrected chi connectivity index (χ2v) is 9.01. The highest BCUT2D eigenvalue weighted by molar-refractivity contribution is 5.94. The average Bonchev–Trinajstić information content (AvgIpc) is 3.61. The zero-order valence-electron chi connectivity index (χ0n) is 20.5. The molecule has 0 spiro atoms. The lowest BCUT2D eigenvalue weighted by Crippen LogP contribution is -2.35. The van der Waals surface area contributed by atoms with E-state index in [9.17, 15) is 4.79 Å². The number of amides is 1. The molecule has 1 aromatic heterocycles. The van der Waals surface area contributed by atoms with E-state index < -0.39 is 0 Å². The van der Waals surface area contributed by atoms with Crippen molar-refractivity contribution in [2.75, 3.05) is 27.5 Å². The molecule has 0 saturated carbocycles. The molecule has 10 nitrogen and oxygen atoms in total. The Labute approximate surface area is 213 Å². The van der Waals surface area contributed by atoms with E-state index in [1.54, 1.807) is 23.9 Å². The van der Waals surface area contributed by atoms with Crippen LogP contribution in [0.4, 0.5) is 0 Å². The number of nitrogens with one attached hydrogen (secondary N) is 1. The summed E-state index contributed by atoms with van der Waals surface area (Å²) in [4.78, 5) is 14.9. The molecule has 1 atom stereocenters. The molecule has 0 bridgehead atoms. The van der Waals surface area contributed by atoms with Crippen LogP contribution in [0.5, 0.6) is 17.2 Å². The summed E-state index contributed by atoms with van der Waals surface area (Å²) >= 11 is 0. The summed E-state index contributed by atoms with van der Waals surface area (Å²) in [5.74, 6) is 2.43. The molecule has 1 unspecified atom stereocenters. The van der Waals surface area contributed by atoms with Crippen molar-refractivity contribution in [2.24, 2.45) is 0 Å². The fourth-order valence-electron chi connectivity index (χ4n) is 4.94. The minimum Gasteiger partial charge on any atom is -0.492 e. The lowest BCUT2D eigenvalue weighted by atomic mass is 9.90. The molecule has 4 aromatic rings. The quantitative estimate of drug-likeness (QED) is 0.433. The van der Waals surface area contributed by atoms with Gasteiger partial charge in [-0.25, -0.2) is 0 Å². The molecule has 10 heteroatoms. The molecular formula is C27H26N6O4. The van der Waals surface area contributed by atoms with Crippen molar-refractivity contribution < 1.29 is 19.0 Å². The number of methoxy groups -OCH3 is 1. The number of benzene rings is 3. The van der Waals surface area contributed by atoms with Crippen molar-refractivity contribution >= 4 is 5.91 Å². The number of hydrogen-bond acceptors (Lipinski definition) is 8. The van der Waals surface area contributed by atoms with Gasteiger partial charge in [-0.2, -0.15) is 4.68 Å². The number of carbonyl (C=O) groups excluding carboxylic acids is 1. The van der Waals surface area contributed by atoms with Gasteiger partial charge in [0.25, 0.3) is 5.91 Å². The van der Waals surface area contributed by atoms with Gasteiger partial charge < -0.3 is 19.5 Å². The monoisotopic (exact) mass is 498 g/mol. The van der Waals surface area contributed by atoms with Crippen LogP contribution in [0.2, 0.25) is 0 Å². The number of hydrogen-bond donors (Lipinski definition) is 1. The third kappa shape index (κ3) is 4.15. The maximum absolute atomic E-state index is 12.7. The summed E-state index contributed by atoms with van der Waals surface area (Å²) in [6.45, 7) is 1.44. The third-order valence-electron chi connectivity index (χ3n) is 6.80. The Morgan fingerprint density at radius 1 is 1.14 bits per heavy atom. The van der Waals surface area contributed by atoms with Crippen LogP contribution in [-0.4, -0.2) is 58.5 Å². The molecule has 2 aliphatic heterocycles. The summed E-state index contributed by atoms with van der Waals surface area (Å²) in [7, 11) is 3.67. The van der Waals surface area contributed by atoms with Gasteiger partial charge in [0, 0.05) is 24.2 Å². The van der Waals surface area contributed by atoms with Crippen LogP contribution in [-0.2, 0) is 13.0 Å². The number of fused-ring (bicyclic) bond motifs is 2. The number of carbonyl (C=O) groups is 1. The van der Waals surface area contributed by atoms with Gasteiger partial charge in [0.1, 0.15) is 6.04 Å². The zero-order chi connectivity index (χ0) is 25.4. The van der Waals surface area contributed by atoms with Crippen LogP contribution in [0, 0.1) is 0 Å². The number of ether oxygens (including phenoxy) is 3. The highest BCUT2D eigenvalue weighted by Gasteiger charge is 2.37. The normalized spacial score (nSPS) is 16.3. The number of aromatic nitrogens is 4. The van der Waals surface area contributed by atoms with Gasteiger partial charge in [0.15, 0.2) is 17.3 Å². The van der Waals surface area contributed by atoms with Crippen LogP contribution in [0.1, 0.15) is 38.9 Å². The SMILES string of the molecule is COc1c2c(cc3c1C(c1nnnn1-c1ccc(C(=O)NCc4ccccc4)cc1)N(C)CC3)OCO2. The summed E-state index contributed by atoms with van der Waals surface area (Å²) in [6, 6.07) is 18.8. The Kier molecular flexibility index (Phi) is 5.93. The van der Waals surface area contributed by atoms with Crippen LogP contribution in [0.3, 0.4) is 0 Å². The molecule has 3 aromatic carbocycles. The second kappa shape index (κ2) is 9.55. The van der Waals surface area contributed by atoms with Gasteiger partial charge >= 0.3 is 0 Å². The van der Waals surface area contributed by atoms with E-state index in [-0.39, 0.29) is 18.7 Å². The van der Waals surface area contributed by atoms with Crippen LogP contribution < -0.4 is 19.5 Å². The number of rotatable bonds is 6. The van der Waals surface area contributed by atoms with Crippen molar-refractivity contribution in [1.29, 1.82) is 0 Å². The number of tetrazole rings is 1. The predicted octanol–water partition coefficient (Wildman–Crippen LogP) is 2.91. The Balaban J connectivity index is 1.30. The van der Waals surface area contributed by atoms with E-state index in [1.807, 2.05) is 55.6 Å². The first-order valence-corrected chi connectivity index (χ1v) is 12.0. The maximum atomic E-state index is 12.7. The molecule has 0 saturated heterocycles. The fourth-order valence-corrected chi connectivity index (χ4v) is 4.94. The first-order valence-electron chi connectivity index (χ1n) is 12.0. The van der Waals surface area contributed by atoms with E-state index in [4.69, 9.17) is 14.2 Å². The zero-order valence-corrected chi connectivity index (χ0v) is 20.5. The van der Waals surface area contributed by atoms with E-state index >= 15 is 0 Å². The van der Waals surface area contributed by atoms with E-state index in [1.165, 1.54) is 0 Å². The van der Waals surface area contributed by atoms with E-state index in [0.29, 0.717) is 35.2 Å². The van der Waals surface area contributed by atoms with Crippen LogP contribution >= 0.6 is 0 Å². The Hall–Kier alpha value is -4.44. The smallest absolute Gasteiger partial charge is 0.251 e. The predicted molar refractivity (Wildman–Crippen MR) is 134 cm³/mol. The van der Waals surface area contributed by atoms with Gasteiger partial charge in [-0.05, 0) is 65.4 Å². The largest absolute Gasteiger partial charge is 0.492 e. The first kappa shape index (κ1) is 23.0. The highest BCUT2D eigenvalue weighted by Crippen LogP contribution is 2.50. The van der Waals surface area contributed by atoms with Gasteiger partial charge in [-0.1, -0.05) is 30.3 Å². The fraction of sp³-hybridized carbons (Fsp3) is 0.259.